The minimum Gasteiger partial charge on any atom is -0.354 e. The van der Waals surface area contributed by atoms with Crippen molar-refractivity contribution in [3.05, 3.63) is 89.1 Å². The van der Waals surface area contributed by atoms with Crippen LogP contribution in [-0.2, 0) is 5.75 Å². The van der Waals surface area contributed by atoms with Crippen LogP contribution >= 0.6 is 11.8 Å². The number of amides is 1. The smallest absolute Gasteiger partial charge is 0.253 e. The standard InChI is InChI=1S/C30H35N5OS/c1-24-22-28(34-20-18-33(19-21-34)15-7-10-25-8-3-2-4-9-25)32-30(31-24)37-23-26-11-13-27(14-12-26)29(36)35-16-5-6-17-35/h2-4,7-14,22H,5-6,15-21,23H2,1H3/b10-7+. The van der Waals surface area contributed by atoms with Gasteiger partial charge in [-0.1, -0.05) is 66.4 Å². The number of carbonyl (C=O) groups is 1. The first kappa shape index (κ1) is 25.5. The number of anilines is 1. The molecule has 0 N–H and O–H groups in total. The average molecular weight is 514 g/mol. The van der Waals surface area contributed by atoms with Crippen molar-refractivity contribution in [2.24, 2.45) is 0 Å². The molecule has 0 radical (unpaired) electrons. The fourth-order valence-electron chi connectivity index (χ4n) is 4.81. The summed E-state index contributed by atoms with van der Waals surface area (Å²) in [4.78, 5) is 28.9. The molecule has 37 heavy (non-hydrogen) atoms. The summed E-state index contributed by atoms with van der Waals surface area (Å²) in [7, 11) is 0. The van der Waals surface area contributed by atoms with E-state index in [-0.39, 0.29) is 5.91 Å². The summed E-state index contributed by atoms with van der Waals surface area (Å²) < 4.78 is 0. The van der Waals surface area contributed by atoms with Gasteiger partial charge in [-0.15, -0.1) is 0 Å². The molecule has 192 valence electrons. The number of piperazine rings is 1. The van der Waals surface area contributed by atoms with Crippen molar-refractivity contribution in [3.8, 4) is 0 Å². The summed E-state index contributed by atoms with van der Waals surface area (Å²) in [6.45, 7) is 8.74. The van der Waals surface area contributed by atoms with E-state index in [9.17, 15) is 4.79 Å². The van der Waals surface area contributed by atoms with E-state index < -0.39 is 0 Å². The Bertz CT molecular complexity index is 1200. The lowest BCUT2D eigenvalue weighted by molar-refractivity contribution is 0.0793. The zero-order valence-corrected chi connectivity index (χ0v) is 22.4. The summed E-state index contributed by atoms with van der Waals surface area (Å²) in [5.41, 5.74) is 4.19. The molecule has 7 heteroatoms. The predicted molar refractivity (Wildman–Crippen MR) is 152 cm³/mol. The van der Waals surface area contributed by atoms with Gasteiger partial charge in [0.1, 0.15) is 5.82 Å². The highest BCUT2D eigenvalue weighted by molar-refractivity contribution is 7.98. The van der Waals surface area contributed by atoms with Gasteiger partial charge in [0.2, 0.25) is 0 Å². The Kier molecular flexibility index (Phi) is 8.53. The number of benzene rings is 2. The molecular weight excluding hydrogens is 478 g/mol. The van der Waals surface area contributed by atoms with E-state index in [4.69, 9.17) is 4.98 Å². The number of aromatic nitrogens is 2. The van der Waals surface area contributed by atoms with Crippen molar-refractivity contribution < 1.29 is 4.79 Å². The minimum absolute atomic E-state index is 0.149. The maximum Gasteiger partial charge on any atom is 0.253 e. The average Bonchev–Trinajstić information content (AvgIpc) is 3.48. The third-order valence-corrected chi connectivity index (χ3v) is 7.87. The molecular formula is C30H35N5OS. The highest BCUT2D eigenvalue weighted by Crippen LogP contribution is 2.24. The van der Waals surface area contributed by atoms with Crippen LogP contribution < -0.4 is 4.90 Å². The Labute approximate surface area is 224 Å². The van der Waals surface area contributed by atoms with Crippen LogP contribution in [0.2, 0.25) is 0 Å². The van der Waals surface area contributed by atoms with Crippen molar-refractivity contribution >= 4 is 29.6 Å². The van der Waals surface area contributed by atoms with Gasteiger partial charge in [-0.3, -0.25) is 9.69 Å². The van der Waals surface area contributed by atoms with Gasteiger partial charge in [0.05, 0.1) is 0 Å². The highest BCUT2D eigenvalue weighted by Gasteiger charge is 2.20. The molecule has 2 fully saturated rings. The van der Waals surface area contributed by atoms with Crippen LogP contribution in [0.3, 0.4) is 0 Å². The summed E-state index contributed by atoms with van der Waals surface area (Å²) in [5.74, 6) is 1.94. The molecule has 5 rings (SSSR count). The molecule has 6 nitrogen and oxygen atoms in total. The molecule has 0 bridgehead atoms. The van der Waals surface area contributed by atoms with Crippen LogP contribution in [0.5, 0.6) is 0 Å². The van der Waals surface area contributed by atoms with Crippen LogP contribution in [0, 0.1) is 6.92 Å². The third kappa shape index (κ3) is 6.99. The number of carbonyl (C=O) groups excluding carboxylic acids is 1. The number of hydrogen-bond acceptors (Lipinski definition) is 6. The Morgan fingerprint density at radius 3 is 2.38 bits per heavy atom. The van der Waals surface area contributed by atoms with Crippen molar-refractivity contribution in [2.75, 3.05) is 50.7 Å². The first-order valence-corrected chi connectivity index (χ1v) is 14.2. The Morgan fingerprint density at radius 1 is 0.919 bits per heavy atom. The van der Waals surface area contributed by atoms with E-state index in [0.29, 0.717) is 0 Å². The molecule has 2 aliphatic heterocycles. The first-order chi connectivity index (χ1) is 18.1. The number of hydrogen-bond donors (Lipinski definition) is 0. The summed E-state index contributed by atoms with van der Waals surface area (Å²) in [5, 5.41) is 0.806. The highest BCUT2D eigenvalue weighted by atomic mass is 32.2. The van der Waals surface area contributed by atoms with Gasteiger partial charge >= 0.3 is 0 Å². The molecule has 3 heterocycles. The van der Waals surface area contributed by atoms with Gasteiger partial charge in [0.15, 0.2) is 5.16 Å². The van der Waals surface area contributed by atoms with Crippen LogP contribution in [0.25, 0.3) is 6.08 Å². The zero-order chi connectivity index (χ0) is 25.5. The monoisotopic (exact) mass is 513 g/mol. The van der Waals surface area contributed by atoms with Crippen molar-refractivity contribution in [1.29, 1.82) is 0 Å². The van der Waals surface area contributed by atoms with E-state index in [1.54, 1.807) is 11.8 Å². The van der Waals surface area contributed by atoms with Gasteiger partial charge in [-0.05, 0) is 43.0 Å². The van der Waals surface area contributed by atoms with Crippen LogP contribution in [0.15, 0.2) is 71.9 Å². The zero-order valence-electron chi connectivity index (χ0n) is 21.6. The second kappa shape index (κ2) is 12.4. The molecule has 3 aromatic rings. The second-order valence-corrected chi connectivity index (χ2v) is 10.7. The second-order valence-electron chi connectivity index (χ2n) is 9.74. The third-order valence-electron chi connectivity index (χ3n) is 6.95. The largest absolute Gasteiger partial charge is 0.354 e. The number of likely N-dealkylation sites (tertiary alicyclic amines) is 1. The normalized spacial score (nSPS) is 16.6. The lowest BCUT2D eigenvalue weighted by Crippen LogP contribution is -2.46. The summed E-state index contributed by atoms with van der Waals surface area (Å²) in [6.07, 6.45) is 6.67. The van der Waals surface area contributed by atoms with E-state index in [0.717, 1.165) is 86.6 Å². The maximum absolute atomic E-state index is 12.6. The number of nitrogens with zero attached hydrogens (tertiary/aromatic N) is 5. The van der Waals surface area contributed by atoms with Gasteiger partial charge < -0.3 is 9.80 Å². The molecule has 0 unspecified atom stereocenters. The molecule has 1 amide bonds. The van der Waals surface area contributed by atoms with Crippen LogP contribution in [-0.4, -0.2) is 71.5 Å². The molecule has 2 aromatic carbocycles. The van der Waals surface area contributed by atoms with Gasteiger partial charge in [0, 0.05) is 68.9 Å². The number of rotatable bonds is 8. The Hall–Kier alpha value is -3.16. The van der Waals surface area contributed by atoms with Crippen molar-refractivity contribution in [1.82, 2.24) is 19.8 Å². The lowest BCUT2D eigenvalue weighted by atomic mass is 10.1. The quantitative estimate of drug-likeness (QED) is 0.307. The van der Waals surface area contributed by atoms with E-state index in [1.807, 2.05) is 30.0 Å². The van der Waals surface area contributed by atoms with Crippen LogP contribution in [0.1, 0.15) is 40.0 Å². The molecule has 1 aromatic heterocycles. The van der Waals surface area contributed by atoms with Crippen molar-refractivity contribution in [3.63, 3.8) is 0 Å². The number of aryl methyl sites for hydroxylation is 1. The molecule has 0 atom stereocenters. The van der Waals surface area contributed by atoms with E-state index >= 15 is 0 Å². The summed E-state index contributed by atoms with van der Waals surface area (Å²) >= 11 is 1.65. The summed E-state index contributed by atoms with van der Waals surface area (Å²) in [6, 6.07) is 20.6. The van der Waals surface area contributed by atoms with Crippen molar-refractivity contribution in [2.45, 2.75) is 30.7 Å². The fourth-order valence-corrected chi connectivity index (χ4v) is 5.66. The maximum atomic E-state index is 12.6. The Balaban J connectivity index is 1.12. The SMILES string of the molecule is Cc1cc(N2CCN(C/C=C/c3ccccc3)CC2)nc(SCc2ccc(C(=O)N3CCCC3)cc2)n1. The topological polar surface area (TPSA) is 52.6 Å². The molecule has 2 aliphatic rings. The van der Waals surface area contributed by atoms with E-state index in [1.165, 1.54) is 11.1 Å². The minimum atomic E-state index is 0.149. The Morgan fingerprint density at radius 2 is 1.65 bits per heavy atom. The van der Waals surface area contributed by atoms with Crippen LogP contribution in [0.4, 0.5) is 5.82 Å². The number of thioether (sulfide) groups is 1. The molecule has 2 saturated heterocycles. The lowest BCUT2D eigenvalue weighted by Gasteiger charge is -2.35. The fraction of sp³-hybridized carbons (Fsp3) is 0.367. The van der Waals surface area contributed by atoms with Gasteiger partial charge in [0.25, 0.3) is 5.91 Å². The molecule has 0 saturated carbocycles. The van der Waals surface area contributed by atoms with E-state index in [2.05, 4.69) is 69.4 Å². The predicted octanol–water partition coefficient (Wildman–Crippen LogP) is 5.15. The van der Waals surface area contributed by atoms with Gasteiger partial charge in [-0.25, -0.2) is 9.97 Å². The molecule has 0 spiro atoms. The molecule has 0 aliphatic carbocycles. The van der Waals surface area contributed by atoms with Gasteiger partial charge in [-0.2, -0.15) is 0 Å². The first-order valence-electron chi connectivity index (χ1n) is 13.2.